The number of epoxide rings is 1. The van der Waals surface area contributed by atoms with Crippen molar-refractivity contribution in [2.24, 2.45) is 5.92 Å². The maximum atomic E-state index is 12.0. The molecule has 2 amide bonds. The molecule has 4 atom stereocenters. The van der Waals surface area contributed by atoms with E-state index in [9.17, 15) is 9.59 Å². The first kappa shape index (κ1) is 16.0. The van der Waals surface area contributed by atoms with E-state index in [1.807, 2.05) is 0 Å². The molecule has 21 heavy (non-hydrogen) atoms. The second-order valence-electron chi connectivity index (χ2n) is 6.53. The number of hydrogen-bond acceptors (Lipinski definition) is 5. The van der Waals surface area contributed by atoms with Gasteiger partial charge in [-0.1, -0.05) is 0 Å². The molecule has 120 valence electrons. The van der Waals surface area contributed by atoms with Crippen LogP contribution in [0.4, 0.5) is 4.79 Å². The Morgan fingerprint density at radius 1 is 1.33 bits per heavy atom. The van der Waals surface area contributed by atoms with Crippen molar-refractivity contribution in [2.75, 3.05) is 13.2 Å². The van der Waals surface area contributed by atoms with Crippen LogP contribution >= 0.6 is 0 Å². The monoisotopic (exact) mass is 300 g/mol. The Balaban J connectivity index is 1.79. The molecule has 1 heterocycles. The summed E-state index contributed by atoms with van der Waals surface area (Å²) in [7, 11) is 0. The third-order valence-electron chi connectivity index (χ3n) is 3.54. The first-order chi connectivity index (χ1) is 9.81. The maximum absolute atomic E-state index is 12.0. The zero-order chi connectivity index (χ0) is 15.6. The minimum absolute atomic E-state index is 0.0519. The zero-order valence-corrected chi connectivity index (χ0v) is 12.7. The molecule has 2 rings (SSSR count). The molecule has 1 saturated heterocycles. The quantitative estimate of drug-likeness (QED) is 0.496. The number of amides is 2. The first-order valence-electron chi connectivity index (χ1n) is 7.35. The van der Waals surface area contributed by atoms with E-state index in [4.69, 9.17) is 14.6 Å². The maximum Gasteiger partial charge on any atom is 0.407 e. The van der Waals surface area contributed by atoms with Crippen LogP contribution in [-0.4, -0.2) is 54.1 Å². The van der Waals surface area contributed by atoms with E-state index >= 15 is 0 Å². The van der Waals surface area contributed by atoms with Gasteiger partial charge < -0.3 is 25.2 Å². The zero-order valence-electron chi connectivity index (χ0n) is 12.7. The van der Waals surface area contributed by atoms with Crippen LogP contribution in [0.3, 0.4) is 0 Å². The molecule has 7 nitrogen and oxygen atoms in total. The van der Waals surface area contributed by atoms with Crippen LogP contribution in [0.15, 0.2) is 0 Å². The van der Waals surface area contributed by atoms with Gasteiger partial charge in [0.2, 0.25) is 5.91 Å². The topological polar surface area (TPSA) is 100 Å². The second kappa shape index (κ2) is 6.19. The summed E-state index contributed by atoms with van der Waals surface area (Å²) < 4.78 is 10.7. The number of aliphatic hydroxyl groups excluding tert-OH is 1. The molecule has 0 aromatic rings. The molecule has 2 aliphatic rings. The van der Waals surface area contributed by atoms with Gasteiger partial charge in [0.1, 0.15) is 11.7 Å². The third-order valence-corrected chi connectivity index (χ3v) is 3.54. The van der Waals surface area contributed by atoms with Gasteiger partial charge in [-0.05, 0) is 33.6 Å². The first-order valence-corrected chi connectivity index (χ1v) is 7.35. The average molecular weight is 300 g/mol. The summed E-state index contributed by atoms with van der Waals surface area (Å²) in [5.74, 6) is -0.321. The number of carbonyl (C=O) groups is 2. The van der Waals surface area contributed by atoms with Crippen molar-refractivity contribution >= 4 is 12.0 Å². The largest absolute Gasteiger partial charge is 0.444 e. The number of nitrogens with one attached hydrogen (secondary N) is 2. The van der Waals surface area contributed by atoms with Crippen LogP contribution in [0.25, 0.3) is 0 Å². The fraction of sp³-hybridized carbons (Fsp3) is 0.857. The highest BCUT2D eigenvalue weighted by Gasteiger charge is 2.59. The lowest BCUT2D eigenvalue weighted by Crippen LogP contribution is -2.41. The highest BCUT2D eigenvalue weighted by molar-refractivity contribution is 5.80. The van der Waals surface area contributed by atoms with Crippen molar-refractivity contribution < 1.29 is 24.2 Å². The Kier molecular flexibility index (Phi) is 4.73. The van der Waals surface area contributed by atoms with Crippen LogP contribution in [0.1, 0.15) is 33.6 Å². The molecule has 7 heteroatoms. The van der Waals surface area contributed by atoms with Gasteiger partial charge in [0, 0.05) is 13.2 Å². The SMILES string of the molecule is CC(C)(C)OC(=O)N[C@@H]1C[C@H](C(=O)NCCCO)[C@H]2O[C@H]21. The molecule has 0 spiro atoms. The van der Waals surface area contributed by atoms with E-state index < -0.39 is 11.7 Å². The van der Waals surface area contributed by atoms with E-state index in [1.54, 1.807) is 20.8 Å². The number of aliphatic hydroxyl groups is 1. The highest BCUT2D eigenvalue weighted by Crippen LogP contribution is 2.43. The number of carbonyl (C=O) groups excluding carboxylic acids is 2. The van der Waals surface area contributed by atoms with Crippen LogP contribution in [0.2, 0.25) is 0 Å². The van der Waals surface area contributed by atoms with E-state index in [2.05, 4.69) is 10.6 Å². The van der Waals surface area contributed by atoms with Gasteiger partial charge in [-0.2, -0.15) is 0 Å². The summed E-state index contributed by atoms with van der Waals surface area (Å²) in [6, 6.07) is -0.182. The number of ether oxygens (including phenoxy) is 2. The standard InChI is InChI=1S/C14H24N2O5/c1-14(2,3)21-13(19)16-9-7-8(10-11(9)20-10)12(18)15-5-4-6-17/h8-11,17H,4-7H2,1-3H3,(H,15,18)(H,16,19)/t8-,9+,10+,11-/m0/s1. The molecule has 1 saturated carbocycles. The van der Waals surface area contributed by atoms with E-state index in [0.29, 0.717) is 19.4 Å². The molecule has 0 unspecified atom stereocenters. The summed E-state index contributed by atoms with van der Waals surface area (Å²) in [5.41, 5.74) is -0.548. The predicted molar refractivity (Wildman–Crippen MR) is 74.6 cm³/mol. The Morgan fingerprint density at radius 2 is 2.05 bits per heavy atom. The van der Waals surface area contributed by atoms with Gasteiger partial charge >= 0.3 is 6.09 Å². The minimum atomic E-state index is -0.548. The third kappa shape index (κ3) is 4.31. The molecule has 0 aromatic heterocycles. The summed E-state index contributed by atoms with van der Waals surface area (Å²) in [6.45, 7) is 5.91. The highest BCUT2D eigenvalue weighted by atomic mass is 16.6. The molecule has 0 radical (unpaired) electrons. The Bertz CT molecular complexity index is 407. The van der Waals surface area contributed by atoms with Gasteiger partial charge in [0.05, 0.1) is 18.1 Å². The lowest BCUT2D eigenvalue weighted by atomic mass is 10.1. The summed E-state index contributed by atoms with van der Waals surface area (Å²) >= 11 is 0. The minimum Gasteiger partial charge on any atom is -0.444 e. The van der Waals surface area contributed by atoms with Gasteiger partial charge in [0.15, 0.2) is 0 Å². The number of hydrogen-bond donors (Lipinski definition) is 3. The number of rotatable bonds is 5. The van der Waals surface area contributed by atoms with Gasteiger partial charge in [-0.15, -0.1) is 0 Å². The van der Waals surface area contributed by atoms with Crippen molar-refractivity contribution in [1.29, 1.82) is 0 Å². The Morgan fingerprint density at radius 3 is 2.67 bits per heavy atom. The van der Waals surface area contributed by atoms with Crippen molar-refractivity contribution in [3.05, 3.63) is 0 Å². The van der Waals surface area contributed by atoms with Crippen LogP contribution in [0, 0.1) is 5.92 Å². The van der Waals surface area contributed by atoms with Crippen molar-refractivity contribution in [2.45, 2.75) is 57.5 Å². The molecular formula is C14H24N2O5. The lowest BCUT2D eigenvalue weighted by molar-refractivity contribution is -0.125. The fourth-order valence-electron chi connectivity index (χ4n) is 2.60. The average Bonchev–Trinajstić information content (AvgIpc) is 3.06. The van der Waals surface area contributed by atoms with Gasteiger partial charge in [-0.25, -0.2) is 4.79 Å². The van der Waals surface area contributed by atoms with Crippen molar-refractivity contribution in [3.63, 3.8) is 0 Å². The fourth-order valence-corrected chi connectivity index (χ4v) is 2.60. The Hall–Kier alpha value is -1.34. The van der Waals surface area contributed by atoms with Crippen molar-refractivity contribution in [1.82, 2.24) is 10.6 Å². The molecular weight excluding hydrogens is 276 g/mol. The molecule has 2 fully saturated rings. The molecule has 1 aliphatic heterocycles. The lowest BCUT2D eigenvalue weighted by Gasteiger charge is -2.22. The molecule has 3 N–H and O–H groups in total. The van der Waals surface area contributed by atoms with Crippen LogP contribution in [0.5, 0.6) is 0 Å². The van der Waals surface area contributed by atoms with Gasteiger partial charge in [0.25, 0.3) is 0 Å². The van der Waals surface area contributed by atoms with Crippen molar-refractivity contribution in [3.8, 4) is 0 Å². The van der Waals surface area contributed by atoms with E-state index in [1.165, 1.54) is 0 Å². The number of fused-ring (bicyclic) bond motifs is 1. The molecule has 1 aliphatic carbocycles. The van der Waals surface area contributed by atoms with E-state index in [0.717, 1.165) is 0 Å². The molecule has 0 bridgehead atoms. The smallest absolute Gasteiger partial charge is 0.407 e. The Labute approximate surface area is 124 Å². The summed E-state index contributed by atoms with van der Waals surface area (Å²) in [5, 5.41) is 14.2. The van der Waals surface area contributed by atoms with Crippen LogP contribution in [-0.2, 0) is 14.3 Å². The van der Waals surface area contributed by atoms with E-state index in [-0.39, 0.29) is 36.7 Å². The normalized spacial score (nSPS) is 30.5. The predicted octanol–water partition coefficient (Wildman–Crippen LogP) is 0.166. The van der Waals surface area contributed by atoms with Gasteiger partial charge in [-0.3, -0.25) is 4.79 Å². The number of alkyl carbamates (subject to hydrolysis) is 1. The second-order valence-corrected chi connectivity index (χ2v) is 6.53. The molecule has 0 aromatic carbocycles. The van der Waals surface area contributed by atoms with Crippen LogP contribution < -0.4 is 10.6 Å². The summed E-state index contributed by atoms with van der Waals surface area (Å²) in [6.07, 6.45) is 0.403. The summed E-state index contributed by atoms with van der Waals surface area (Å²) in [4.78, 5) is 23.7.